The van der Waals surface area contributed by atoms with Crippen LogP contribution in [0.4, 0.5) is 5.69 Å². The molecule has 6 heteroatoms. The number of rotatable bonds is 8. The standard InChI is InChI=1S/C21H23NO5/c1-14-7-8-17(11-15(14)2)22-20(24)9-10-21(25)27-13-19(23)16-5-4-6-18(12-16)26-3/h4-8,11-12H,9-10,13H2,1-3H3,(H,22,24). The lowest BCUT2D eigenvalue weighted by atomic mass is 10.1. The Bertz CT molecular complexity index is 844. The third kappa shape index (κ3) is 6.26. The van der Waals surface area contributed by atoms with Crippen molar-refractivity contribution in [1.29, 1.82) is 0 Å². The summed E-state index contributed by atoms with van der Waals surface area (Å²) in [4.78, 5) is 35.8. The Hall–Kier alpha value is -3.15. The van der Waals surface area contributed by atoms with E-state index in [1.807, 2.05) is 32.0 Å². The normalized spacial score (nSPS) is 10.2. The Balaban J connectivity index is 1.75. The van der Waals surface area contributed by atoms with Crippen LogP contribution >= 0.6 is 0 Å². The van der Waals surface area contributed by atoms with E-state index in [-0.39, 0.29) is 31.1 Å². The number of esters is 1. The molecular weight excluding hydrogens is 346 g/mol. The molecule has 0 fully saturated rings. The molecule has 0 aromatic heterocycles. The summed E-state index contributed by atoms with van der Waals surface area (Å²) < 4.78 is 10.0. The van der Waals surface area contributed by atoms with Gasteiger partial charge in [-0.3, -0.25) is 14.4 Å². The van der Waals surface area contributed by atoms with Gasteiger partial charge in [-0.05, 0) is 49.2 Å². The Kier molecular flexibility index (Phi) is 7.11. The monoisotopic (exact) mass is 369 g/mol. The average molecular weight is 369 g/mol. The molecule has 2 aromatic carbocycles. The minimum atomic E-state index is -0.596. The first kappa shape index (κ1) is 20.2. The second-order valence-electron chi connectivity index (χ2n) is 6.16. The van der Waals surface area contributed by atoms with Gasteiger partial charge in [0.25, 0.3) is 0 Å². The molecule has 0 aliphatic heterocycles. The Morgan fingerprint density at radius 3 is 2.44 bits per heavy atom. The lowest BCUT2D eigenvalue weighted by molar-refractivity contribution is -0.143. The highest BCUT2D eigenvalue weighted by atomic mass is 16.5. The van der Waals surface area contributed by atoms with Crippen LogP contribution in [0, 0.1) is 13.8 Å². The summed E-state index contributed by atoms with van der Waals surface area (Å²) >= 11 is 0. The van der Waals surface area contributed by atoms with Crippen LogP contribution in [0.15, 0.2) is 42.5 Å². The van der Waals surface area contributed by atoms with Gasteiger partial charge in [0.1, 0.15) is 5.75 Å². The van der Waals surface area contributed by atoms with Crippen LogP contribution in [0.5, 0.6) is 5.75 Å². The van der Waals surface area contributed by atoms with Gasteiger partial charge in [0.05, 0.1) is 13.5 Å². The number of anilines is 1. The molecule has 0 unspecified atom stereocenters. The van der Waals surface area contributed by atoms with Crippen molar-refractivity contribution in [2.45, 2.75) is 26.7 Å². The summed E-state index contributed by atoms with van der Waals surface area (Å²) in [6.45, 7) is 3.58. The van der Waals surface area contributed by atoms with Crippen LogP contribution in [0.3, 0.4) is 0 Å². The Morgan fingerprint density at radius 2 is 1.74 bits per heavy atom. The lowest BCUT2D eigenvalue weighted by Gasteiger charge is -2.08. The number of hydrogen-bond acceptors (Lipinski definition) is 5. The van der Waals surface area contributed by atoms with Crippen molar-refractivity contribution in [3.05, 3.63) is 59.2 Å². The van der Waals surface area contributed by atoms with E-state index in [1.54, 1.807) is 24.3 Å². The number of methoxy groups -OCH3 is 1. The van der Waals surface area contributed by atoms with Gasteiger partial charge in [0.15, 0.2) is 12.4 Å². The van der Waals surface area contributed by atoms with Crippen LogP contribution in [0.2, 0.25) is 0 Å². The second-order valence-corrected chi connectivity index (χ2v) is 6.16. The lowest BCUT2D eigenvalue weighted by Crippen LogP contribution is -2.17. The van der Waals surface area contributed by atoms with Crippen molar-refractivity contribution in [1.82, 2.24) is 0 Å². The van der Waals surface area contributed by atoms with Gasteiger partial charge in [0.2, 0.25) is 5.91 Å². The first-order chi connectivity index (χ1) is 12.9. The minimum Gasteiger partial charge on any atom is -0.497 e. The molecule has 0 radical (unpaired) electrons. The zero-order chi connectivity index (χ0) is 19.8. The molecule has 0 saturated heterocycles. The number of ether oxygens (including phenoxy) is 2. The molecule has 0 aliphatic carbocycles. The molecule has 1 N–H and O–H groups in total. The summed E-state index contributed by atoms with van der Waals surface area (Å²) in [5, 5.41) is 2.74. The molecule has 0 aliphatic rings. The van der Waals surface area contributed by atoms with E-state index in [0.29, 0.717) is 17.0 Å². The summed E-state index contributed by atoms with van der Waals surface area (Å²) in [5.41, 5.74) is 3.29. The van der Waals surface area contributed by atoms with Crippen molar-refractivity contribution < 1.29 is 23.9 Å². The van der Waals surface area contributed by atoms with Crippen LogP contribution in [0.1, 0.15) is 34.3 Å². The number of benzene rings is 2. The molecule has 0 saturated carbocycles. The van der Waals surface area contributed by atoms with Crippen molar-refractivity contribution in [3.8, 4) is 5.75 Å². The van der Waals surface area contributed by atoms with Crippen molar-refractivity contribution in [3.63, 3.8) is 0 Å². The van der Waals surface area contributed by atoms with Gasteiger partial charge in [-0.1, -0.05) is 18.2 Å². The topological polar surface area (TPSA) is 81.7 Å². The Morgan fingerprint density at radius 1 is 0.963 bits per heavy atom. The van der Waals surface area contributed by atoms with Crippen LogP contribution in [-0.2, 0) is 14.3 Å². The van der Waals surface area contributed by atoms with E-state index in [0.717, 1.165) is 11.1 Å². The predicted molar refractivity (Wildman–Crippen MR) is 102 cm³/mol. The maximum absolute atomic E-state index is 12.0. The maximum atomic E-state index is 12.0. The average Bonchev–Trinajstić information content (AvgIpc) is 2.67. The molecule has 6 nitrogen and oxygen atoms in total. The van der Waals surface area contributed by atoms with Gasteiger partial charge in [-0.2, -0.15) is 0 Å². The van der Waals surface area contributed by atoms with Crippen LogP contribution in [-0.4, -0.2) is 31.4 Å². The highest BCUT2D eigenvalue weighted by molar-refractivity contribution is 5.98. The number of Topliss-reactive ketones (excluding diaryl/α,β-unsaturated/α-hetero) is 1. The third-order valence-electron chi connectivity index (χ3n) is 4.10. The van der Waals surface area contributed by atoms with E-state index in [2.05, 4.69) is 5.32 Å². The van der Waals surface area contributed by atoms with Crippen molar-refractivity contribution in [2.75, 3.05) is 19.0 Å². The number of nitrogens with one attached hydrogen (secondary N) is 1. The summed E-state index contributed by atoms with van der Waals surface area (Å²) in [5.74, 6) is -0.659. The number of carbonyl (C=O) groups is 3. The first-order valence-corrected chi connectivity index (χ1v) is 8.59. The first-order valence-electron chi connectivity index (χ1n) is 8.59. The van der Waals surface area contributed by atoms with Gasteiger partial charge < -0.3 is 14.8 Å². The fourth-order valence-electron chi connectivity index (χ4n) is 2.36. The van der Waals surface area contributed by atoms with Gasteiger partial charge in [-0.25, -0.2) is 0 Å². The fraction of sp³-hybridized carbons (Fsp3) is 0.286. The van der Waals surface area contributed by atoms with E-state index in [1.165, 1.54) is 7.11 Å². The number of ketones is 1. The van der Waals surface area contributed by atoms with Crippen molar-refractivity contribution >= 4 is 23.3 Å². The number of amides is 1. The van der Waals surface area contributed by atoms with Gasteiger partial charge >= 0.3 is 5.97 Å². The number of aryl methyl sites for hydroxylation is 2. The predicted octanol–water partition coefficient (Wildman–Crippen LogP) is 3.46. The molecular formula is C21H23NO5. The van der Waals surface area contributed by atoms with E-state index >= 15 is 0 Å². The molecule has 0 bridgehead atoms. The maximum Gasteiger partial charge on any atom is 0.306 e. The summed E-state index contributed by atoms with van der Waals surface area (Å²) in [6, 6.07) is 12.2. The summed E-state index contributed by atoms with van der Waals surface area (Å²) in [6.07, 6.45) is -0.110. The minimum absolute atomic E-state index is 0.0148. The van der Waals surface area contributed by atoms with Crippen LogP contribution in [0.25, 0.3) is 0 Å². The molecule has 0 spiro atoms. The van der Waals surface area contributed by atoms with Gasteiger partial charge in [-0.15, -0.1) is 0 Å². The SMILES string of the molecule is COc1cccc(C(=O)COC(=O)CCC(=O)Nc2ccc(C)c(C)c2)c1. The quantitative estimate of drug-likeness (QED) is 0.569. The molecule has 2 rings (SSSR count). The molecule has 1 amide bonds. The smallest absolute Gasteiger partial charge is 0.306 e. The fourth-order valence-corrected chi connectivity index (χ4v) is 2.36. The van der Waals surface area contributed by atoms with Crippen LogP contribution < -0.4 is 10.1 Å². The highest BCUT2D eigenvalue weighted by Gasteiger charge is 2.13. The highest BCUT2D eigenvalue weighted by Crippen LogP contribution is 2.15. The molecule has 142 valence electrons. The zero-order valence-electron chi connectivity index (χ0n) is 15.7. The summed E-state index contributed by atoms with van der Waals surface area (Å²) in [7, 11) is 1.51. The van der Waals surface area contributed by atoms with E-state index < -0.39 is 5.97 Å². The number of hydrogen-bond donors (Lipinski definition) is 1. The molecule has 27 heavy (non-hydrogen) atoms. The Labute approximate surface area is 158 Å². The largest absolute Gasteiger partial charge is 0.497 e. The molecule has 2 aromatic rings. The van der Waals surface area contributed by atoms with E-state index in [9.17, 15) is 14.4 Å². The number of carbonyl (C=O) groups excluding carboxylic acids is 3. The molecule has 0 heterocycles. The molecule has 0 atom stereocenters. The zero-order valence-corrected chi connectivity index (χ0v) is 15.7. The van der Waals surface area contributed by atoms with Crippen molar-refractivity contribution in [2.24, 2.45) is 0 Å². The van der Waals surface area contributed by atoms with Gasteiger partial charge in [0, 0.05) is 17.7 Å². The second kappa shape index (κ2) is 9.52. The van der Waals surface area contributed by atoms with E-state index in [4.69, 9.17) is 9.47 Å². The third-order valence-corrected chi connectivity index (χ3v) is 4.10.